The van der Waals surface area contributed by atoms with Crippen molar-refractivity contribution < 1.29 is 23.7 Å². The first-order chi connectivity index (χ1) is 19.3. The van der Waals surface area contributed by atoms with Crippen LogP contribution in [-0.2, 0) is 35.7 Å². The number of benzene rings is 3. The molecule has 2 heterocycles. The van der Waals surface area contributed by atoms with Crippen molar-refractivity contribution >= 4 is 34.2 Å². The van der Waals surface area contributed by atoms with E-state index in [9.17, 15) is 4.70 Å². The second-order valence-corrected chi connectivity index (χ2v) is 14.1. The Morgan fingerprint density at radius 1 is 1.02 bits per heavy atom. The second-order valence-electron chi connectivity index (χ2n) is 11.4. The van der Waals surface area contributed by atoms with Gasteiger partial charge in [0.25, 0.3) is 0 Å². The van der Waals surface area contributed by atoms with Crippen LogP contribution in [-0.4, -0.2) is 49.9 Å². The fourth-order valence-electron chi connectivity index (χ4n) is 5.15. The quantitative estimate of drug-likeness (QED) is 0.225. The summed E-state index contributed by atoms with van der Waals surface area (Å²) in [5, 5.41) is 0. The van der Waals surface area contributed by atoms with E-state index in [2.05, 4.69) is 58.0 Å². The van der Waals surface area contributed by atoms with Crippen molar-refractivity contribution in [2.75, 3.05) is 6.61 Å². The van der Waals surface area contributed by atoms with E-state index in [-0.39, 0.29) is 34.8 Å². The number of aryl methyl sites for hydroxylation is 1. The fraction of sp³-hybridized carbons (Fsp3) is 0.419. The van der Waals surface area contributed by atoms with Crippen molar-refractivity contribution in [2.45, 2.75) is 80.3 Å². The van der Waals surface area contributed by atoms with Gasteiger partial charge in [-0.25, -0.2) is 0 Å². The molecule has 9 heteroatoms. The summed E-state index contributed by atoms with van der Waals surface area (Å²) in [4.78, 5) is 1.18. The summed E-state index contributed by atoms with van der Waals surface area (Å²) in [5.41, 5.74) is 4.33. The van der Waals surface area contributed by atoms with Crippen LogP contribution in [0.5, 0.6) is 0 Å². The molecule has 3 aromatic carbocycles. The van der Waals surface area contributed by atoms with Gasteiger partial charge in [-0.3, -0.25) is 0 Å². The number of thioether (sulfide) groups is 1. The molecule has 0 bridgehead atoms. The van der Waals surface area contributed by atoms with Crippen LogP contribution in [0.1, 0.15) is 49.3 Å². The zero-order valence-corrected chi connectivity index (χ0v) is 25.4. The van der Waals surface area contributed by atoms with Crippen LogP contribution >= 0.6 is 20.2 Å². The van der Waals surface area contributed by atoms with E-state index < -0.39 is 6.29 Å². The molecule has 0 aromatic heterocycles. The molecule has 4 unspecified atom stereocenters. The van der Waals surface area contributed by atoms with Gasteiger partial charge in [0, 0.05) is 0 Å². The summed E-state index contributed by atoms with van der Waals surface area (Å²) in [6.07, 6.45) is -1.22. The molecule has 0 aliphatic carbocycles. The van der Waals surface area contributed by atoms with E-state index >= 15 is 0 Å². The predicted octanol–water partition coefficient (Wildman–Crippen LogP) is 6.17. The van der Waals surface area contributed by atoms with Gasteiger partial charge < -0.3 is 0 Å². The summed E-state index contributed by atoms with van der Waals surface area (Å²) in [5.74, 6) is 0. The summed E-state index contributed by atoms with van der Waals surface area (Å²) in [7, 11) is 1.36. The first kappa shape index (κ1) is 29.7. The number of hydrogen-bond acceptors (Lipinski definition) is 6. The average Bonchev–Trinajstić information content (AvgIpc) is 2.96. The van der Waals surface area contributed by atoms with Crippen LogP contribution in [0.25, 0.3) is 0 Å². The van der Waals surface area contributed by atoms with Crippen LogP contribution in [0, 0.1) is 6.92 Å². The predicted molar refractivity (Wildman–Crippen MR) is 165 cm³/mol. The third-order valence-electron chi connectivity index (χ3n) is 7.44. The monoisotopic (exact) mass is 574 g/mol. The summed E-state index contributed by atoms with van der Waals surface area (Å²) >= 11 is 1.71. The average molecular weight is 574 g/mol. The van der Waals surface area contributed by atoms with E-state index in [0.717, 1.165) is 18.2 Å². The van der Waals surface area contributed by atoms with Gasteiger partial charge >= 0.3 is 246 Å². The Morgan fingerprint density at radius 2 is 1.75 bits per heavy atom. The summed E-state index contributed by atoms with van der Waals surface area (Å²) < 4.78 is 37.9. The van der Waals surface area contributed by atoms with Crippen LogP contribution in [0.15, 0.2) is 83.8 Å². The molecule has 2 aliphatic heterocycles. The van der Waals surface area contributed by atoms with Crippen LogP contribution in [0.3, 0.4) is 0 Å². The minimum atomic E-state index is -0.473. The fourth-order valence-corrected chi connectivity index (χ4v) is 7.97. The van der Waals surface area contributed by atoms with Gasteiger partial charge in [0.15, 0.2) is 0 Å². The maximum absolute atomic E-state index is 11.6. The molecule has 0 N–H and O–H groups in total. The van der Waals surface area contributed by atoms with E-state index in [4.69, 9.17) is 18.9 Å². The zero-order valence-electron chi connectivity index (χ0n) is 23.6. The van der Waals surface area contributed by atoms with Gasteiger partial charge in [-0.15, -0.1) is 0 Å². The Morgan fingerprint density at radius 3 is 2.45 bits per heavy atom. The van der Waals surface area contributed by atoms with Crippen molar-refractivity contribution in [3.8, 4) is 0 Å². The van der Waals surface area contributed by atoms with E-state index in [1.807, 2.05) is 48.5 Å². The van der Waals surface area contributed by atoms with Crippen molar-refractivity contribution in [2.24, 2.45) is 0 Å². The molecule has 5 rings (SSSR count). The van der Waals surface area contributed by atoms with Crippen LogP contribution < -0.4 is 0 Å². The molecule has 3 aromatic rings. The van der Waals surface area contributed by atoms with Crippen LogP contribution in [0.2, 0.25) is 0 Å². The Labute approximate surface area is 245 Å². The molecule has 0 saturated carbocycles. The molecule has 7 atom stereocenters. The van der Waals surface area contributed by atoms with Gasteiger partial charge in [0.1, 0.15) is 0 Å². The number of ether oxygens (including phenoxy) is 4. The normalized spacial score (nSPS) is 26.8. The molecular weight excluding hydrogens is 537 g/mol. The van der Waals surface area contributed by atoms with Crippen molar-refractivity contribution in [3.63, 3.8) is 0 Å². The van der Waals surface area contributed by atoms with Gasteiger partial charge in [-0.05, 0) is 0 Å². The van der Waals surface area contributed by atoms with Crippen molar-refractivity contribution in [3.05, 3.63) is 101 Å². The van der Waals surface area contributed by atoms with E-state index in [1.54, 1.807) is 11.8 Å². The van der Waals surface area contributed by atoms with Gasteiger partial charge in [0.2, 0.25) is 0 Å². The van der Waals surface area contributed by atoms with Crippen molar-refractivity contribution in [1.82, 2.24) is 0 Å². The third kappa shape index (κ3) is 7.15. The Kier molecular flexibility index (Phi) is 9.99. The topological polar surface area (TPSA) is 54.0 Å². The molecule has 40 heavy (non-hydrogen) atoms. The van der Waals surface area contributed by atoms with E-state index in [0.29, 0.717) is 28.6 Å². The Balaban J connectivity index is 1.46. The van der Waals surface area contributed by atoms with Gasteiger partial charge in [-0.2, -0.15) is 0 Å². The standard InChI is InChI=1S/C31H37B2O5PS/c1-20-15-16-23(31(2,3)4)17-25(20)40-30-27(35-18-21-11-7-5-8-12-21)28(39-33-32-34)26-24(37-30)19-36-29(38-26)22-13-9-6-10-14-22/h5-17,24,26-30,33,39H,18-19H2,1-4H3/t24?,26-,27?,28+,29?,30+/m1/s1. The first-order valence-electron chi connectivity index (χ1n) is 13.9. The Bertz CT molecular complexity index is 1260. The third-order valence-corrected chi connectivity index (χ3v) is 10.3. The van der Waals surface area contributed by atoms with Gasteiger partial charge in [0.05, 0.1) is 0 Å². The van der Waals surface area contributed by atoms with Crippen LogP contribution in [0.4, 0.5) is 0 Å². The number of rotatable bonds is 9. The maximum atomic E-state index is 11.6. The molecule has 2 fully saturated rings. The SMILES string of the molecule is Cc1ccc(C(C)(C)C)cc1S[C@@H]1OC2COC(c3ccccc3)O[C@H]2[C@H](PBB=O)C1OCc1ccccc1. The molecule has 208 valence electrons. The summed E-state index contributed by atoms with van der Waals surface area (Å²) in [6.45, 7) is 10.2. The molecular formula is C31H37B2O5PS. The van der Waals surface area contributed by atoms with Gasteiger partial charge in [-0.1, -0.05) is 0 Å². The molecule has 0 radical (unpaired) electrons. The Hall–Kier alpha value is -1.79. The molecule has 2 saturated heterocycles. The molecule has 0 spiro atoms. The molecule has 5 nitrogen and oxygen atoms in total. The summed E-state index contributed by atoms with van der Waals surface area (Å²) in [6, 6.07) is 26.9. The first-order valence-corrected chi connectivity index (χ1v) is 16.1. The number of fused-ring (bicyclic) bond motifs is 1. The second kappa shape index (κ2) is 13.5. The van der Waals surface area contributed by atoms with Crippen molar-refractivity contribution in [1.29, 1.82) is 0 Å². The number of hydrogen-bond donors (Lipinski definition) is 0. The van der Waals surface area contributed by atoms with E-state index in [1.165, 1.54) is 16.0 Å². The molecule has 2 aliphatic rings. The zero-order chi connectivity index (χ0) is 28.1. The molecule has 0 amide bonds. The minimum absolute atomic E-state index is 0.00798.